The highest BCUT2D eigenvalue weighted by molar-refractivity contribution is 5.98. The summed E-state index contributed by atoms with van der Waals surface area (Å²) >= 11 is 0. The number of esters is 1. The Morgan fingerprint density at radius 2 is 1.93 bits per heavy atom. The first-order valence-corrected chi connectivity index (χ1v) is 14.5. The Hall–Kier alpha value is -2.71. The molecule has 3 aliphatic rings. The fourth-order valence-corrected chi connectivity index (χ4v) is 7.71. The highest BCUT2D eigenvalue weighted by Crippen LogP contribution is 2.59. The van der Waals surface area contributed by atoms with Gasteiger partial charge in [0.1, 0.15) is 11.6 Å². The monoisotopic (exact) mass is 554 g/mol. The van der Waals surface area contributed by atoms with E-state index in [0.717, 1.165) is 12.0 Å². The van der Waals surface area contributed by atoms with Crippen molar-refractivity contribution in [3.05, 3.63) is 48.6 Å². The normalized spacial score (nSPS) is 28.4. The molecule has 3 saturated heterocycles. The van der Waals surface area contributed by atoms with Crippen LogP contribution in [-0.2, 0) is 30.3 Å². The van der Waals surface area contributed by atoms with Crippen LogP contribution in [0.3, 0.4) is 0 Å². The summed E-state index contributed by atoms with van der Waals surface area (Å²) in [5.74, 6) is -2.61. The fourth-order valence-electron chi connectivity index (χ4n) is 7.71. The topological polar surface area (TPSA) is 96.4 Å². The molecule has 2 bridgehead atoms. The zero-order valence-electron chi connectivity index (χ0n) is 24.9. The number of amides is 2. The minimum Gasteiger partial charge on any atom is -0.466 e. The number of fused-ring (bicyclic) bond motifs is 1. The van der Waals surface area contributed by atoms with Crippen LogP contribution in [-0.4, -0.2) is 81.8 Å². The van der Waals surface area contributed by atoms with E-state index in [-0.39, 0.29) is 30.4 Å². The van der Waals surface area contributed by atoms with Crippen molar-refractivity contribution in [1.82, 2.24) is 9.80 Å². The van der Waals surface area contributed by atoms with Gasteiger partial charge >= 0.3 is 5.97 Å². The summed E-state index contributed by atoms with van der Waals surface area (Å²) in [4.78, 5) is 45.7. The number of aliphatic hydroxyl groups is 1. The zero-order valence-corrected chi connectivity index (χ0v) is 24.9. The maximum atomic E-state index is 14.8. The van der Waals surface area contributed by atoms with E-state index in [1.165, 1.54) is 0 Å². The van der Waals surface area contributed by atoms with E-state index in [2.05, 4.69) is 27.4 Å². The van der Waals surface area contributed by atoms with Crippen molar-refractivity contribution < 1.29 is 29.0 Å². The fraction of sp³-hybridized carbons (Fsp3) is 0.656. The van der Waals surface area contributed by atoms with Gasteiger partial charge in [-0.05, 0) is 57.4 Å². The second kappa shape index (κ2) is 11.3. The molecule has 0 aromatic heterocycles. The number of aliphatic hydroxyl groups excluding tert-OH is 1. The molecule has 8 nitrogen and oxygen atoms in total. The average Bonchev–Trinajstić information content (AvgIpc) is 3.52. The Labute approximate surface area is 238 Å². The van der Waals surface area contributed by atoms with Gasteiger partial charge in [-0.25, -0.2) is 0 Å². The largest absolute Gasteiger partial charge is 0.466 e. The Morgan fingerprint density at radius 1 is 1.25 bits per heavy atom. The van der Waals surface area contributed by atoms with E-state index < -0.39 is 47.1 Å². The number of hydrogen-bond donors (Lipinski definition) is 1. The number of carbonyl (C=O) groups excluding carboxylic acids is 3. The second-order valence-corrected chi connectivity index (χ2v) is 13.4. The molecule has 1 N–H and O–H groups in total. The number of hydrogen-bond acceptors (Lipinski definition) is 6. The lowest BCUT2D eigenvalue weighted by atomic mass is 9.70. The van der Waals surface area contributed by atoms with Gasteiger partial charge < -0.3 is 24.4 Å². The Kier molecular flexibility index (Phi) is 8.53. The summed E-state index contributed by atoms with van der Waals surface area (Å²) in [6, 6.07) is 7.98. The molecule has 6 atom stereocenters. The molecule has 220 valence electrons. The number of benzene rings is 1. The molecule has 1 aromatic carbocycles. The van der Waals surface area contributed by atoms with Crippen molar-refractivity contribution in [2.45, 2.75) is 96.6 Å². The van der Waals surface area contributed by atoms with Crippen molar-refractivity contribution in [3.8, 4) is 0 Å². The number of nitrogens with zero attached hydrogens (tertiary/aromatic N) is 2. The van der Waals surface area contributed by atoms with Crippen LogP contribution < -0.4 is 0 Å². The lowest BCUT2D eigenvalue weighted by Crippen LogP contribution is -2.62. The molecular weight excluding hydrogens is 508 g/mol. The van der Waals surface area contributed by atoms with Crippen LogP contribution in [0.5, 0.6) is 0 Å². The number of ether oxygens (including phenoxy) is 2. The molecule has 0 saturated carbocycles. The highest BCUT2D eigenvalue weighted by atomic mass is 16.6. The summed E-state index contributed by atoms with van der Waals surface area (Å²) in [5, 5.41) is 10.6. The van der Waals surface area contributed by atoms with Crippen molar-refractivity contribution in [2.75, 3.05) is 19.8 Å². The van der Waals surface area contributed by atoms with Crippen LogP contribution >= 0.6 is 0 Å². The molecule has 0 aliphatic carbocycles. The first-order chi connectivity index (χ1) is 18.8. The van der Waals surface area contributed by atoms with E-state index in [4.69, 9.17) is 9.47 Å². The molecule has 3 fully saturated rings. The number of carbonyl (C=O) groups is 3. The van der Waals surface area contributed by atoms with E-state index in [1.54, 1.807) is 22.8 Å². The van der Waals surface area contributed by atoms with Gasteiger partial charge in [-0.1, -0.05) is 57.2 Å². The molecule has 3 heterocycles. The SMILES string of the molecule is C=CCN(C(=O)C1N([C@@H](CO)Cc2ccccc2)C(=O)[C@@H]2[C@@H](C(=O)OCC)[C@H]3CCC12O3)C(C)(C)CC(C)(C)C. The predicted molar refractivity (Wildman–Crippen MR) is 152 cm³/mol. The molecular formula is C32H46N2O6. The molecule has 1 spiro atoms. The first-order valence-electron chi connectivity index (χ1n) is 14.5. The van der Waals surface area contributed by atoms with Crippen molar-refractivity contribution in [3.63, 3.8) is 0 Å². The molecule has 2 unspecified atom stereocenters. The third-order valence-electron chi connectivity index (χ3n) is 8.72. The summed E-state index contributed by atoms with van der Waals surface area (Å²) in [6.45, 7) is 16.3. The van der Waals surface area contributed by atoms with Gasteiger partial charge in [0.2, 0.25) is 11.8 Å². The number of rotatable bonds is 11. The Bertz CT molecular complexity index is 1110. The minimum absolute atomic E-state index is 0.0620. The van der Waals surface area contributed by atoms with Crippen LogP contribution in [0.4, 0.5) is 0 Å². The third kappa shape index (κ3) is 5.32. The molecule has 4 rings (SSSR count). The lowest BCUT2D eigenvalue weighted by molar-refractivity contribution is -0.157. The van der Waals surface area contributed by atoms with Crippen LogP contribution in [0.25, 0.3) is 0 Å². The molecule has 0 radical (unpaired) electrons. The third-order valence-corrected chi connectivity index (χ3v) is 8.72. The zero-order chi connectivity index (χ0) is 29.5. The van der Waals surface area contributed by atoms with Crippen LogP contribution in [0.2, 0.25) is 0 Å². The van der Waals surface area contributed by atoms with Gasteiger partial charge in [0.15, 0.2) is 0 Å². The second-order valence-electron chi connectivity index (χ2n) is 13.4. The van der Waals surface area contributed by atoms with Gasteiger partial charge in [0, 0.05) is 12.1 Å². The predicted octanol–water partition coefficient (Wildman–Crippen LogP) is 3.76. The van der Waals surface area contributed by atoms with Gasteiger partial charge in [-0.15, -0.1) is 6.58 Å². The Morgan fingerprint density at radius 3 is 2.50 bits per heavy atom. The molecule has 8 heteroatoms. The van der Waals surface area contributed by atoms with Crippen LogP contribution in [0.1, 0.15) is 66.4 Å². The minimum atomic E-state index is -1.16. The molecule has 40 heavy (non-hydrogen) atoms. The first kappa shape index (κ1) is 30.3. The van der Waals surface area contributed by atoms with Crippen molar-refractivity contribution >= 4 is 17.8 Å². The summed E-state index contributed by atoms with van der Waals surface area (Å²) < 4.78 is 12.0. The lowest BCUT2D eigenvalue weighted by Gasteiger charge is -2.46. The quantitative estimate of drug-likeness (QED) is 0.331. The van der Waals surface area contributed by atoms with E-state index in [9.17, 15) is 19.5 Å². The smallest absolute Gasteiger partial charge is 0.312 e. The average molecular weight is 555 g/mol. The van der Waals surface area contributed by atoms with Gasteiger partial charge in [-0.2, -0.15) is 0 Å². The Balaban J connectivity index is 1.82. The van der Waals surface area contributed by atoms with Gasteiger partial charge in [0.05, 0.1) is 37.2 Å². The highest BCUT2D eigenvalue weighted by Gasteiger charge is 2.75. The summed E-state index contributed by atoms with van der Waals surface area (Å²) in [7, 11) is 0. The van der Waals surface area contributed by atoms with Crippen LogP contribution in [0, 0.1) is 17.3 Å². The van der Waals surface area contributed by atoms with Crippen molar-refractivity contribution in [1.29, 1.82) is 0 Å². The maximum absolute atomic E-state index is 14.8. The standard InChI is InChI=1S/C32H46N2O6/c1-8-17-33(31(6,7)20-30(3,4)5)28(37)26-32-16-15-23(40-32)24(29(38)39-9-2)25(32)27(36)34(26)22(19-35)18-21-13-11-10-12-14-21/h8,10-14,22-26,35H,1,9,15-20H2,2-7H3/t22-,23-,24+,25+,26?,32?/m1/s1. The summed E-state index contributed by atoms with van der Waals surface area (Å²) in [6.07, 6.45) is 3.39. The van der Waals surface area contributed by atoms with E-state index in [1.807, 2.05) is 44.2 Å². The number of likely N-dealkylation sites (tertiary alicyclic amines) is 1. The summed E-state index contributed by atoms with van der Waals surface area (Å²) in [5.41, 5.74) is -0.832. The molecule has 3 aliphatic heterocycles. The molecule has 2 amide bonds. The molecule has 1 aromatic rings. The van der Waals surface area contributed by atoms with E-state index in [0.29, 0.717) is 25.8 Å². The van der Waals surface area contributed by atoms with Crippen LogP contribution in [0.15, 0.2) is 43.0 Å². The van der Waals surface area contributed by atoms with Gasteiger partial charge in [-0.3, -0.25) is 14.4 Å². The van der Waals surface area contributed by atoms with Gasteiger partial charge in [0.25, 0.3) is 0 Å². The van der Waals surface area contributed by atoms with Crippen molar-refractivity contribution in [2.24, 2.45) is 17.3 Å². The van der Waals surface area contributed by atoms with E-state index >= 15 is 0 Å². The maximum Gasteiger partial charge on any atom is 0.312 e.